The molecule has 0 saturated carbocycles. The Hall–Kier alpha value is -1.97. The molecule has 0 aliphatic heterocycles. The van der Waals surface area contributed by atoms with Crippen molar-refractivity contribution in [2.45, 2.75) is 12.8 Å². The van der Waals surface area contributed by atoms with Crippen LogP contribution in [-0.4, -0.2) is 15.8 Å². The molecule has 4 heteroatoms. The first-order valence-electron chi connectivity index (χ1n) is 5.41. The highest BCUT2D eigenvalue weighted by molar-refractivity contribution is 5.73. The molecule has 88 valence electrons. The van der Waals surface area contributed by atoms with Crippen molar-refractivity contribution < 1.29 is 9.18 Å². The lowest BCUT2D eigenvalue weighted by Crippen LogP contribution is -2.02. The molecule has 0 amide bonds. The maximum absolute atomic E-state index is 13.4. The molecule has 0 atom stereocenters. The van der Waals surface area contributed by atoms with Crippen LogP contribution < -0.4 is 0 Å². The van der Waals surface area contributed by atoms with E-state index in [1.165, 1.54) is 6.07 Å². The second-order valence-corrected chi connectivity index (χ2v) is 3.90. The molecular formula is C13H13FN2O. The van der Waals surface area contributed by atoms with Crippen LogP contribution in [0.2, 0.25) is 0 Å². The van der Waals surface area contributed by atoms with Crippen LogP contribution in [0.5, 0.6) is 0 Å². The van der Waals surface area contributed by atoms with Gasteiger partial charge in [-0.15, -0.1) is 0 Å². The Kier molecular flexibility index (Phi) is 3.32. The fraction of sp³-hybridized carbons (Fsp3) is 0.231. The Morgan fingerprint density at radius 2 is 2.12 bits per heavy atom. The second kappa shape index (κ2) is 4.91. The van der Waals surface area contributed by atoms with Crippen LogP contribution in [-0.2, 0) is 19.9 Å². The maximum atomic E-state index is 13.4. The van der Waals surface area contributed by atoms with Crippen LogP contribution in [0.1, 0.15) is 21.7 Å². The van der Waals surface area contributed by atoms with Crippen molar-refractivity contribution in [3.63, 3.8) is 0 Å². The van der Waals surface area contributed by atoms with Crippen molar-refractivity contribution in [2.75, 3.05) is 0 Å². The first kappa shape index (κ1) is 11.5. The van der Waals surface area contributed by atoms with E-state index in [9.17, 15) is 9.18 Å². The summed E-state index contributed by atoms with van der Waals surface area (Å²) in [5.74, 6) is -0.206. The molecule has 0 spiro atoms. The molecule has 0 aliphatic rings. The van der Waals surface area contributed by atoms with Crippen molar-refractivity contribution >= 4 is 6.29 Å². The normalized spacial score (nSPS) is 10.5. The largest absolute Gasteiger partial charge is 0.337 e. The standard InChI is InChI=1S/C13H13FN2O/c1-16-9-15-12(8-17)13(16)7-6-10-4-2-3-5-11(10)14/h2-5,8-9H,6-7H2,1H3. The van der Waals surface area contributed by atoms with Crippen molar-refractivity contribution in [2.24, 2.45) is 7.05 Å². The number of rotatable bonds is 4. The first-order valence-corrected chi connectivity index (χ1v) is 5.41. The summed E-state index contributed by atoms with van der Waals surface area (Å²) >= 11 is 0. The minimum Gasteiger partial charge on any atom is -0.337 e. The van der Waals surface area contributed by atoms with E-state index in [0.29, 0.717) is 24.1 Å². The molecule has 1 aromatic heterocycles. The van der Waals surface area contributed by atoms with Gasteiger partial charge in [0.15, 0.2) is 6.29 Å². The summed E-state index contributed by atoms with van der Waals surface area (Å²) in [5, 5.41) is 0. The van der Waals surface area contributed by atoms with E-state index >= 15 is 0 Å². The molecule has 0 unspecified atom stereocenters. The number of halogens is 1. The van der Waals surface area contributed by atoms with E-state index < -0.39 is 0 Å². The zero-order valence-corrected chi connectivity index (χ0v) is 9.56. The summed E-state index contributed by atoms with van der Waals surface area (Å²) in [5.41, 5.74) is 1.93. The monoisotopic (exact) mass is 232 g/mol. The van der Waals surface area contributed by atoms with E-state index in [4.69, 9.17) is 0 Å². The Labute approximate surface area is 98.9 Å². The molecule has 2 aromatic rings. The van der Waals surface area contributed by atoms with Gasteiger partial charge in [-0.05, 0) is 24.5 Å². The van der Waals surface area contributed by atoms with Gasteiger partial charge in [0.1, 0.15) is 11.5 Å². The van der Waals surface area contributed by atoms with Crippen LogP contribution >= 0.6 is 0 Å². The zero-order valence-electron chi connectivity index (χ0n) is 9.56. The molecule has 3 nitrogen and oxygen atoms in total. The summed E-state index contributed by atoms with van der Waals surface area (Å²) in [6.45, 7) is 0. The number of nitrogens with zero attached hydrogens (tertiary/aromatic N) is 2. The van der Waals surface area contributed by atoms with Crippen molar-refractivity contribution in [1.29, 1.82) is 0 Å². The summed E-state index contributed by atoms with van der Waals surface area (Å²) in [4.78, 5) is 14.7. The predicted octanol–water partition coefficient (Wildman–Crippen LogP) is 2.16. The van der Waals surface area contributed by atoms with Crippen LogP contribution in [0, 0.1) is 5.82 Å². The van der Waals surface area contributed by atoms with E-state index in [0.717, 1.165) is 12.0 Å². The Morgan fingerprint density at radius 1 is 1.35 bits per heavy atom. The van der Waals surface area contributed by atoms with E-state index in [2.05, 4.69) is 4.98 Å². The average molecular weight is 232 g/mol. The molecule has 0 bridgehead atoms. The van der Waals surface area contributed by atoms with Crippen LogP contribution in [0.3, 0.4) is 0 Å². The average Bonchev–Trinajstić information content (AvgIpc) is 2.69. The molecule has 0 N–H and O–H groups in total. The summed E-state index contributed by atoms with van der Waals surface area (Å²) in [7, 11) is 1.83. The number of aryl methyl sites for hydroxylation is 2. The van der Waals surface area contributed by atoms with Gasteiger partial charge in [-0.3, -0.25) is 4.79 Å². The van der Waals surface area contributed by atoms with E-state index in [1.807, 2.05) is 13.1 Å². The molecular weight excluding hydrogens is 219 g/mol. The zero-order chi connectivity index (χ0) is 12.3. The lowest BCUT2D eigenvalue weighted by Gasteiger charge is -2.04. The molecule has 2 rings (SSSR count). The highest BCUT2D eigenvalue weighted by atomic mass is 19.1. The van der Waals surface area contributed by atoms with Gasteiger partial charge >= 0.3 is 0 Å². The van der Waals surface area contributed by atoms with Gasteiger partial charge in [-0.2, -0.15) is 0 Å². The lowest BCUT2D eigenvalue weighted by molar-refractivity contribution is 0.111. The number of imidazole rings is 1. The molecule has 1 heterocycles. The summed E-state index contributed by atoms with van der Waals surface area (Å²) in [6.07, 6.45) is 3.50. The van der Waals surface area contributed by atoms with Gasteiger partial charge in [0.05, 0.1) is 6.33 Å². The van der Waals surface area contributed by atoms with E-state index in [1.54, 1.807) is 23.0 Å². The number of carbonyl (C=O) groups excluding carboxylic acids is 1. The third-order valence-electron chi connectivity index (χ3n) is 2.79. The third kappa shape index (κ3) is 2.41. The first-order chi connectivity index (χ1) is 8.22. The minimum absolute atomic E-state index is 0.206. The minimum atomic E-state index is -0.206. The number of carbonyl (C=O) groups is 1. The molecule has 17 heavy (non-hydrogen) atoms. The molecule has 0 aliphatic carbocycles. The highest BCUT2D eigenvalue weighted by Crippen LogP contribution is 2.12. The molecule has 1 aromatic carbocycles. The summed E-state index contributed by atoms with van der Waals surface area (Å²) in [6, 6.07) is 6.67. The van der Waals surface area contributed by atoms with E-state index in [-0.39, 0.29) is 5.82 Å². The number of hydrogen-bond acceptors (Lipinski definition) is 2. The van der Waals surface area contributed by atoms with Crippen LogP contribution in [0.15, 0.2) is 30.6 Å². The van der Waals surface area contributed by atoms with Crippen molar-refractivity contribution in [1.82, 2.24) is 9.55 Å². The fourth-order valence-corrected chi connectivity index (χ4v) is 1.83. The smallest absolute Gasteiger partial charge is 0.170 e. The number of aldehydes is 1. The molecule has 0 saturated heterocycles. The lowest BCUT2D eigenvalue weighted by atomic mass is 10.1. The number of hydrogen-bond donors (Lipinski definition) is 0. The molecule has 0 fully saturated rings. The fourth-order valence-electron chi connectivity index (χ4n) is 1.83. The van der Waals surface area contributed by atoms with Gasteiger partial charge in [-0.25, -0.2) is 9.37 Å². The van der Waals surface area contributed by atoms with Gasteiger partial charge in [0.2, 0.25) is 0 Å². The van der Waals surface area contributed by atoms with Gasteiger partial charge in [0, 0.05) is 12.7 Å². The Morgan fingerprint density at radius 3 is 2.82 bits per heavy atom. The third-order valence-corrected chi connectivity index (χ3v) is 2.79. The topological polar surface area (TPSA) is 34.9 Å². The van der Waals surface area contributed by atoms with Crippen molar-refractivity contribution in [3.05, 3.63) is 53.4 Å². The Balaban J connectivity index is 2.15. The van der Waals surface area contributed by atoms with Gasteiger partial charge in [-0.1, -0.05) is 18.2 Å². The predicted molar refractivity (Wildman–Crippen MR) is 62.4 cm³/mol. The SMILES string of the molecule is Cn1cnc(C=O)c1CCc1ccccc1F. The number of benzene rings is 1. The highest BCUT2D eigenvalue weighted by Gasteiger charge is 2.09. The number of aromatic nitrogens is 2. The molecule has 0 radical (unpaired) electrons. The van der Waals surface area contributed by atoms with Gasteiger partial charge in [0.25, 0.3) is 0 Å². The second-order valence-electron chi connectivity index (χ2n) is 3.90. The van der Waals surface area contributed by atoms with Crippen LogP contribution in [0.25, 0.3) is 0 Å². The Bertz CT molecular complexity index is 534. The summed E-state index contributed by atoms with van der Waals surface area (Å²) < 4.78 is 15.2. The quantitative estimate of drug-likeness (QED) is 0.757. The van der Waals surface area contributed by atoms with Crippen LogP contribution in [0.4, 0.5) is 4.39 Å². The van der Waals surface area contributed by atoms with Gasteiger partial charge < -0.3 is 4.57 Å². The van der Waals surface area contributed by atoms with Crippen molar-refractivity contribution in [3.8, 4) is 0 Å². The maximum Gasteiger partial charge on any atom is 0.170 e.